The van der Waals surface area contributed by atoms with E-state index in [1.165, 1.54) is 39.3 Å². The molecule has 4 aromatic rings. The van der Waals surface area contributed by atoms with Gasteiger partial charge in [-0.05, 0) is 70.1 Å². The van der Waals surface area contributed by atoms with E-state index in [4.69, 9.17) is 9.84 Å². The van der Waals surface area contributed by atoms with E-state index in [0.29, 0.717) is 73.8 Å². The van der Waals surface area contributed by atoms with Crippen molar-refractivity contribution in [2.45, 2.75) is 50.3 Å². The molecule has 2 N–H and O–H groups in total. The Morgan fingerprint density at radius 2 is 1.67 bits per heavy atom. The minimum Gasteiger partial charge on any atom is -0.493 e. The van der Waals surface area contributed by atoms with E-state index >= 15 is 0 Å². The Morgan fingerprint density at radius 1 is 1.00 bits per heavy atom. The minimum absolute atomic E-state index is 0.0735. The summed E-state index contributed by atoms with van der Waals surface area (Å²) in [5, 5.41) is 8.81. The van der Waals surface area contributed by atoms with Gasteiger partial charge in [-0.25, -0.2) is 17.8 Å². The standard InChI is InChI=1S/C31H39N7O6S2/c1-6-8-27-26(20-32-35-45(40,41)23-11-9-21(3)10-12-23)22(4)29-31(39)33-30(34-38(27)29)25-19-24(13-14-28(25)44-7-2)46(42,43)37-17-15-36(5)16-18-37/h9-14,19-20,35H,6-8,15-18H2,1-5H3,(H,33,34,39)/b32-20+. The predicted octanol–water partition coefficient (Wildman–Crippen LogP) is 2.91. The Bertz CT molecular complexity index is 2050. The molecule has 0 bridgehead atoms. The Kier molecular flexibility index (Phi) is 9.67. The van der Waals surface area contributed by atoms with E-state index in [-0.39, 0.29) is 21.1 Å². The van der Waals surface area contributed by atoms with Gasteiger partial charge in [0.05, 0.1) is 33.9 Å². The molecule has 0 atom stereocenters. The highest BCUT2D eigenvalue weighted by molar-refractivity contribution is 7.89. The van der Waals surface area contributed by atoms with Gasteiger partial charge >= 0.3 is 0 Å². The smallest absolute Gasteiger partial charge is 0.276 e. The van der Waals surface area contributed by atoms with Crippen molar-refractivity contribution in [2.24, 2.45) is 5.10 Å². The summed E-state index contributed by atoms with van der Waals surface area (Å²) in [6.07, 6.45) is 2.59. The number of hydrogen-bond donors (Lipinski definition) is 2. The van der Waals surface area contributed by atoms with Crippen molar-refractivity contribution in [2.75, 3.05) is 39.8 Å². The summed E-state index contributed by atoms with van der Waals surface area (Å²) in [5.41, 5.74) is 2.85. The Hall–Kier alpha value is -4.05. The maximum atomic E-state index is 13.6. The van der Waals surface area contributed by atoms with Gasteiger partial charge in [0, 0.05) is 31.7 Å². The number of hydrazone groups is 1. The summed E-state index contributed by atoms with van der Waals surface area (Å²) in [4.78, 5) is 20.9. The van der Waals surface area contributed by atoms with Crippen LogP contribution in [0.3, 0.4) is 0 Å². The molecule has 1 aliphatic heterocycles. The van der Waals surface area contributed by atoms with E-state index in [0.717, 1.165) is 5.56 Å². The van der Waals surface area contributed by atoms with Gasteiger partial charge < -0.3 is 14.6 Å². The molecule has 0 unspecified atom stereocenters. The summed E-state index contributed by atoms with van der Waals surface area (Å²) >= 11 is 0. The molecule has 5 rings (SSSR count). The lowest BCUT2D eigenvalue weighted by molar-refractivity contribution is 0.222. The fourth-order valence-corrected chi connectivity index (χ4v) is 7.67. The van der Waals surface area contributed by atoms with Crippen LogP contribution in [0.4, 0.5) is 0 Å². The molecule has 0 amide bonds. The maximum absolute atomic E-state index is 13.6. The molecular formula is C31H39N7O6S2. The molecule has 1 saturated heterocycles. The average molecular weight is 670 g/mol. The number of aromatic amines is 1. The summed E-state index contributed by atoms with van der Waals surface area (Å²) < 4.78 is 61.6. The van der Waals surface area contributed by atoms with Crippen LogP contribution in [-0.2, 0) is 26.5 Å². The Labute approximate surface area is 269 Å². The number of ether oxygens (including phenoxy) is 1. The molecule has 15 heteroatoms. The van der Waals surface area contributed by atoms with Crippen molar-refractivity contribution >= 4 is 31.8 Å². The zero-order valence-corrected chi connectivity index (χ0v) is 28.2. The molecular weight excluding hydrogens is 631 g/mol. The second-order valence-corrected chi connectivity index (χ2v) is 14.9. The van der Waals surface area contributed by atoms with E-state index in [2.05, 4.69) is 19.8 Å². The SMILES string of the molecule is CCCc1c(/C=N/NS(=O)(=O)c2ccc(C)cc2)c(C)c2c(=O)[nH]c(-c3cc(S(=O)(=O)N4CCN(C)CC4)ccc3OCC)nn12. The van der Waals surface area contributed by atoms with Gasteiger partial charge in [-0.2, -0.15) is 17.8 Å². The number of benzene rings is 2. The van der Waals surface area contributed by atoms with E-state index in [1.807, 2.05) is 27.8 Å². The molecule has 1 fully saturated rings. The van der Waals surface area contributed by atoms with Crippen LogP contribution >= 0.6 is 0 Å². The molecule has 13 nitrogen and oxygen atoms in total. The monoisotopic (exact) mass is 669 g/mol. The van der Waals surface area contributed by atoms with Gasteiger partial charge in [0.25, 0.3) is 15.6 Å². The van der Waals surface area contributed by atoms with Crippen LogP contribution in [0.1, 0.15) is 42.7 Å². The van der Waals surface area contributed by atoms with E-state index in [9.17, 15) is 21.6 Å². The number of hydrogen-bond acceptors (Lipinski definition) is 9. The van der Waals surface area contributed by atoms with Crippen LogP contribution in [0.25, 0.3) is 16.9 Å². The molecule has 0 spiro atoms. The number of likely N-dealkylation sites (N-methyl/N-ethyl adjacent to an activating group) is 1. The molecule has 46 heavy (non-hydrogen) atoms. The average Bonchev–Trinajstić information content (AvgIpc) is 3.28. The highest BCUT2D eigenvalue weighted by Gasteiger charge is 2.29. The van der Waals surface area contributed by atoms with Crippen molar-refractivity contribution in [1.82, 2.24) is 28.6 Å². The largest absolute Gasteiger partial charge is 0.493 e. The molecule has 2 aromatic heterocycles. The summed E-state index contributed by atoms with van der Waals surface area (Å²) in [7, 11) is -5.77. The van der Waals surface area contributed by atoms with E-state index < -0.39 is 25.6 Å². The number of sulfonamides is 2. The first-order valence-electron chi connectivity index (χ1n) is 15.1. The summed E-state index contributed by atoms with van der Waals surface area (Å²) in [5.74, 6) is 0.503. The minimum atomic E-state index is -3.91. The van der Waals surface area contributed by atoms with E-state index in [1.54, 1.807) is 25.1 Å². The fourth-order valence-electron chi connectivity index (χ4n) is 5.43. The van der Waals surface area contributed by atoms with Crippen LogP contribution in [0.2, 0.25) is 0 Å². The van der Waals surface area contributed by atoms with Crippen LogP contribution < -0.4 is 15.1 Å². The zero-order valence-electron chi connectivity index (χ0n) is 26.6. The topological polar surface area (TPSA) is 159 Å². The number of piperazine rings is 1. The van der Waals surface area contributed by atoms with Gasteiger partial charge in [0.1, 0.15) is 11.3 Å². The first kappa shape index (κ1) is 33.3. The molecule has 0 radical (unpaired) electrons. The lowest BCUT2D eigenvalue weighted by Gasteiger charge is -2.31. The van der Waals surface area contributed by atoms with Gasteiger partial charge in [-0.3, -0.25) is 4.79 Å². The maximum Gasteiger partial charge on any atom is 0.276 e. The normalized spacial score (nSPS) is 15.2. The number of nitrogens with zero attached hydrogens (tertiary/aromatic N) is 5. The van der Waals surface area contributed by atoms with Crippen LogP contribution in [0.15, 0.2) is 62.2 Å². The quantitative estimate of drug-likeness (QED) is 0.182. The first-order chi connectivity index (χ1) is 21.9. The zero-order chi connectivity index (χ0) is 33.2. The van der Waals surface area contributed by atoms with Crippen molar-refractivity contribution in [3.8, 4) is 17.1 Å². The number of nitrogens with one attached hydrogen (secondary N) is 2. The third-order valence-corrected chi connectivity index (χ3v) is 11.1. The number of H-pyrrole nitrogens is 1. The van der Waals surface area contributed by atoms with Crippen molar-refractivity contribution in [3.05, 3.63) is 75.2 Å². The van der Waals surface area contributed by atoms with Crippen molar-refractivity contribution in [3.63, 3.8) is 0 Å². The van der Waals surface area contributed by atoms with Gasteiger partial charge in [-0.1, -0.05) is 31.0 Å². The highest BCUT2D eigenvalue weighted by Crippen LogP contribution is 2.32. The molecule has 0 aliphatic carbocycles. The van der Waals surface area contributed by atoms with Crippen LogP contribution in [0.5, 0.6) is 5.75 Å². The van der Waals surface area contributed by atoms with Crippen molar-refractivity contribution in [1.29, 1.82) is 0 Å². The van der Waals surface area contributed by atoms with Crippen molar-refractivity contribution < 1.29 is 21.6 Å². The molecule has 0 saturated carbocycles. The summed E-state index contributed by atoms with van der Waals surface area (Å²) in [6.45, 7) is 9.71. The third-order valence-electron chi connectivity index (χ3n) is 7.98. The lowest BCUT2D eigenvalue weighted by atomic mass is 10.1. The van der Waals surface area contributed by atoms with Gasteiger partial charge in [0.15, 0.2) is 5.82 Å². The van der Waals surface area contributed by atoms with Gasteiger partial charge in [0.2, 0.25) is 10.0 Å². The third kappa shape index (κ3) is 6.58. The van der Waals surface area contributed by atoms with Gasteiger partial charge in [-0.15, -0.1) is 5.10 Å². The second-order valence-electron chi connectivity index (χ2n) is 11.3. The fraction of sp³-hybridized carbons (Fsp3) is 0.387. The number of aryl methyl sites for hydroxylation is 3. The van der Waals surface area contributed by atoms with Crippen LogP contribution in [0, 0.1) is 13.8 Å². The number of aromatic nitrogens is 3. The molecule has 3 heterocycles. The Balaban J connectivity index is 1.58. The lowest BCUT2D eigenvalue weighted by Crippen LogP contribution is -2.47. The predicted molar refractivity (Wildman–Crippen MR) is 176 cm³/mol. The molecule has 2 aromatic carbocycles. The highest BCUT2D eigenvalue weighted by atomic mass is 32.2. The number of rotatable bonds is 11. The molecule has 246 valence electrons. The van der Waals surface area contributed by atoms with Crippen LogP contribution in [-0.4, -0.2) is 86.7 Å². The molecule has 1 aliphatic rings. The second kappa shape index (κ2) is 13.4. The number of fused-ring (bicyclic) bond motifs is 1. The first-order valence-corrected chi connectivity index (χ1v) is 18.0. The Morgan fingerprint density at radius 3 is 2.33 bits per heavy atom. The summed E-state index contributed by atoms with van der Waals surface area (Å²) in [6, 6.07) is 11.0.